The van der Waals surface area contributed by atoms with Crippen molar-refractivity contribution in [3.8, 4) is 0 Å². The van der Waals surface area contributed by atoms with Crippen molar-refractivity contribution in [2.24, 2.45) is 0 Å². The molecule has 2 aromatic rings. The summed E-state index contributed by atoms with van der Waals surface area (Å²) in [4.78, 5) is 26.3. The highest BCUT2D eigenvalue weighted by molar-refractivity contribution is 7.92. The normalized spacial score (nSPS) is 14.2. The smallest absolute Gasteiger partial charge is 0.338 e. The van der Waals surface area contributed by atoms with Gasteiger partial charge in [0.05, 0.1) is 23.5 Å². The van der Waals surface area contributed by atoms with Crippen LogP contribution in [-0.4, -0.2) is 51.6 Å². The zero-order valence-corrected chi connectivity index (χ0v) is 17.5. The van der Waals surface area contributed by atoms with Gasteiger partial charge in [-0.15, -0.1) is 0 Å². The van der Waals surface area contributed by atoms with Crippen molar-refractivity contribution < 1.29 is 22.7 Å². The van der Waals surface area contributed by atoms with Crippen LogP contribution < -0.4 is 4.31 Å². The van der Waals surface area contributed by atoms with Crippen molar-refractivity contribution in [1.29, 1.82) is 0 Å². The maximum atomic E-state index is 12.4. The summed E-state index contributed by atoms with van der Waals surface area (Å²) in [6, 6.07) is 14.2. The first-order chi connectivity index (χ1) is 13.7. The summed E-state index contributed by atoms with van der Waals surface area (Å²) in [5.41, 5.74) is 2.64. The lowest BCUT2D eigenvalue weighted by atomic mass is 10.1. The zero-order valence-electron chi connectivity index (χ0n) is 16.7. The number of benzene rings is 2. The van der Waals surface area contributed by atoms with Crippen LogP contribution in [0.2, 0.25) is 0 Å². The van der Waals surface area contributed by atoms with Crippen LogP contribution in [0.4, 0.5) is 5.69 Å². The Kier molecular flexibility index (Phi) is 5.93. The first-order valence-corrected chi connectivity index (χ1v) is 11.1. The number of hydrogen-bond donors (Lipinski definition) is 0. The molecule has 0 radical (unpaired) electrons. The van der Waals surface area contributed by atoms with E-state index in [2.05, 4.69) is 0 Å². The number of ether oxygens (including phenoxy) is 1. The number of likely N-dealkylation sites (N-methyl/N-ethyl adjacent to an activating group) is 1. The predicted molar refractivity (Wildman–Crippen MR) is 110 cm³/mol. The largest absolute Gasteiger partial charge is 0.452 e. The van der Waals surface area contributed by atoms with Gasteiger partial charge in [0, 0.05) is 13.6 Å². The van der Waals surface area contributed by atoms with Crippen molar-refractivity contribution in [3.05, 3.63) is 65.2 Å². The standard InChI is InChI=1S/C21H24N2O5S/c1-15(16-7-5-4-6-8-16)22(2)20(24)14-28-21(25)18-9-10-19-17(13-18)11-12-23(19)29(3,26)27/h4-10,13,15H,11-12,14H2,1-3H3/t15-/m0/s1. The van der Waals surface area contributed by atoms with Crippen molar-refractivity contribution in [2.45, 2.75) is 19.4 Å². The van der Waals surface area contributed by atoms with Gasteiger partial charge in [0.1, 0.15) is 0 Å². The van der Waals surface area contributed by atoms with E-state index < -0.39 is 16.0 Å². The van der Waals surface area contributed by atoms with Gasteiger partial charge in [0.25, 0.3) is 5.91 Å². The predicted octanol–water partition coefficient (Wildman–Crippen LogP) is 2.39. The number of amides is 1. The van der Waals surface area contributed by atoms with E-state index in [0.29, 0.717) is 24.2 Å². The van der Waals surface area contributed by atoms with Crippen molar-refractivity contribution in [2.75, 3.05) is 30.8 Å². The third-order valence-corrected chi connectivity index (χ3v) is 6.33. The SMILES string of the molecule is C[C@@H](c1ccccc1)N(C)C(=O)COC(=O)c1ccc2c(c1)CCN2S(C)(=O)=O. The molecule has 1 amide bonds. The van der Waals surface area contributed by atoms with E-state index in [1.54, 1.807) is 19.2 Å². The van der Waals surface area contributed by atoms with E-state index in [0.717, 1.165) is 17.4 Å². The maximum Gasteiger partial charge on any atom is 0.338 e. The fourth-order valence-electron chi connectivity index (χ4n) is 3.33. The van der Waals surface area contributed by atoms with Gasteiger partial charge >= 0.3 is 5.97 Å². The Balaban J connectivity index is 1.62. The second-order valence-electron chi connectivity index (χ2n) is 7.10. The summed E-state index contributed by atoms with van der Waals surface area (Å²) < 4.78 is 30.1. The molecule has 1 atom stereocenters. The van der Waals surface area contributed by atoms with Crippen molar-refractivity contribution in [3.63, 3.8) is 0 Å². The van der Waals surface area contributed by atoms with Gasteiger partial charge in [-0.25, -0.2) is 13.2 Å². The number of fused-ring (bicyclic) bond motifs is 1. The quantitative estimate of drug-likeness (QED) is 0.675. The van der Waals surface area contributed by atoms with E-state index >= 15 is 0 Å². The molecule has 0 saturated heterocycles. The molecule has 0 N–H and O–H groups in total. The Labute approximate surface area is 170 Å². The van der Waals surface area contributed by atoms with E-state index in [1.807, 2.05) is 37.3 Å². The molecule has 0 bridgehead atoms. The van der Waals surface area contributed by atoms with Gasteiger partial charge in [-0.05, 0) is 42.7 Å². The molecule has 154 valence electrons. The third kappa shape index (κ3) is 4.59. The molecule has 29 heavy (non-hydrogen) atoms. The monoisotopic (exact) mass is 416 g/mol. The van der Waals surface area contributed by atoms with Gasteiger partial charge in [0.2, 0.25) is 10.0 Å². The molecule has 0 fully saturated rings. The minimum Gasteiger partial charge on any atom is -0.452 e. The van der Waals surface area contributed by atoms with Crippen LogP contribution in [0.15, 0.2) is 48.5 Å². The molecule has 0 aliphatic carbocycles. The van der Waals surface area contributed by atoms with E-state index in [4.69, 9.17) is 4.74 Å². The Hall–Kier alpha value is -2.87. The molecule has 0 aromatic heterocycles. The molecule has 8 heteroatoms. The van der Waals surface area contributed by atoms with Crippen molar-refractivity contribution in [1.82, 2.24) is 4.90 Å². The average Bonchev–Trinajstić information content (AvgIpc) is 3.15. The van der Waals surface area contributed by atoms with Crippen LogP contribution in [0.3, 0.4) is 0 Å². The van der Waals surface area contributed by atoms with Gasteiger partial charge in [-0.1, -0.05) is 30.3 Å². The molecule has 1 aliphatic heterocycles. The third-order valence-electron chi connectivity index (χ3n) is 5.15. The molecular formula is C21H24N2O5S. The van der Waals surface area contributed by atoms with Crippen LogP contribution in [0.5, 0.6) is 0 Å². The summed E-state index contributed by atoms with van der Waals surface area (Å²) in [6.07, 6.45) is 1.68. The van der Waals surface area contributed by atoms with Crippen LogP contribution in [0, 0.1) is 0 Å². The first kappa shape index (κ1) is 20.9. The molecular weight excluding hydrogens is 392 g/mol. The number of anilines is 1. The fraction of sp³-hybridized carbons (Fsp3) is 0.333. The Morgan fingerprint density at radius 1 is 1.17 bits per heavy atom. The number of carbonyl (C=O) groups is 2. The highest BCUT2D eigenvalue weighted by Crippen LogP contribution is 2.30. The minimum absolute atomic E-state index is 0.149. The second-order valence-corrected chi connectivity index (χ2v) is 9.00. The Bertz CT molecular complexity index is 1020. The van der Waals surface area contributed by atoms with Crippen LogP contribution in [-0.2, 0) is 26.0 Å². The van der Waals surface area contributed by atoms with Crippen LogP contribution in [0.1, 0.15) is 34.5 Å². The lowest BCUT2D eigenvalue weighted by Crippen LogP contribution is -2.33. The summed E-state index contributed by atoms with van der Waals surface area (Å²) in [5.74, 6) is -0.918. The lowest BCUT2D eigenvalue weighted by Gasteiger charge is -2.25. The molecule has 3 rings (SSSR count). The maximum absolute atomic E-state index is 12.4. The van der Waals surface area contributed by atoms with E-state index in [9.17, 15) is 18.0 Å². The number of carbonyl (C=O) groups excluding carboxylic acids is 2. The van der Waals surface area contributed by atoms with Crippen LogP contribution >= 0.6 is 0 Å². The molecule has 2 aromatic carbocycles. The van der Waals surface area contributed by atoms with Gasteiger partial charge in [-0.2, -0.15) is 0 Å². The van der Waals surface area contributed by atoms with Gasteiger partial charge in [-0.3, -0.25) is 9.10 Å². The summed E-state index contributed by atoms with van der Waals surface area (Å²) in [7, 11) is -1.67. The fourth-order valence-corrected chi connectivity index (χ4v) is 4.28. The van der Waals surface area contributed by atoms with Crippen molar-refractivity contribution >= 4 is 27.6 Å². The molecule has 0 spiro atoms. The molecule has 1 aliphatic rings. The van der Waals surface area contributed by atoms with E-state index in [-0.39, 0.29) is 18.6 Å². The van der Waals surface area contributed by atoms with Gasteiger partial charge < -0.3 is 9.64 Å². The summed E-state index contributed by atoms with van der Waals surface area (Å²) in [5, 5.41) is 0. The first-order valence-electron chi connectivity index (χ1n) is 9.27. The number of sulfonamides is 1. The number of nitrogens with zero attached hydrogens (tertiary/aromatic N) is 2. The molecule has 1 heterocycles. The summed E-state index contributed by atoms with van der Waals surface area (Å²) >= 11 is 0. The van der Waals surface area contributed by atoms with Crippen LogP contribution in [0.25, 0.3) is 0 Å². The highest BCUT2D eigenvalue weighted by Gasteiger charge is 2.27. The molecule has 0 unspecified atom stereocenters. The number of hydrogen-bond acceptors (Lipinski definition) is 5. The average molecular weight is 416 g/mol. The zero-order chi connectivity index (χ0) is 21.2. The lowest BCUT2D eigenvalue weighted by molar-refractivity contribution is -0.135. The summed E-state index contributed by atoms with van der Waals surface area (Å²) in [6.45, 7) is 1.90. The number of esters is 1. The molecule has 0 saturated carbocycles. The minimum atomic E-state index is -3.34. The molecule has 7 nitrogen and oxygen atoms in total. The number of rotatable bonds is 6. The highest BCUT2D eigenvalue weighted by atomic mass is 32.2. The Morgan fingerprint density at radius 3 is 2.52 bits per heavy atom. The topological polar surface area (TPSA) is 84.0 Å². The second kappa shape index (κ2) is 8.24. The van der Waals surface area contributed by atoms with E-state index in [1.165, 1.54) is 15.3 Å². The van der Waals surface area contributed by atoms with Gasteiger partial charge in [0.15, 0.2) is 6.61 Å². The Morgan fingerprint density at radius 2 is 1.86 bits per heavy atom.